The number of carbonyl (C=O) groups excluding carboxylic acids is 3. The number of likely N-dealkylation sites (tertiary alicyclic amines) is 1. The number of morpholine rings is 1. The number of anilines is 1. The number of ether oxygens (including phenoxy) is 1. The van der Waals surface area contributed by atoms with Crippen LogP contribution in [-0.4, -0.2) is 77.7 Å². The minimum absolute atomic E-state index is 0.0703. The lowest BCUT2D eigenvalue weighted by molar-refractivity contribution is -0.384. The Labute approximate surface area is 182 Å². The summed E-state index contributed by atoms with van der Waals surface area (Å²) in [6.07, 6.45) is 3.31. The molecular formula is C20H22N4O6S. The molecule has 3 amide bonds. The first kappa shape index (κ1) is 21.3. The molecule has 0 bridgehead atoms. The maximum atomic E-state index is 12.7. The number of rotatable bonds is 5. The van der Waals surface area contributed by atoms with Gasteiger partial charge in [0.15, 0.2) is 0 Å². The monoisotopic (exact) mass is 446 g/mol. The highest BCUT2D eigenvalue weighted by atomic mass is 32.2. The summed E-state index contributed by atoms with van der Waals surface area (Å²) in [5.41, 5.74) is 0.869. The highest BCUT2D eigenvalue weighted by Crippen LogP contribution is 2.35. The van der Waals surface area contributed by atoms with Gasteiger partial charge in [-0.25, -0.2) is 0 Å². The molecule has 1 aromatic carbocycles. The smallest absolute Gasteiger partial charge is 0.294 e. The Bertz CT molecular complexity index is 953. The molecule has 4 rings (SSSR count). The van der Waals surface area contributed by atoms with E-state index in [0.717, 1.165) is 29.5 Å². The number of hydrogen-bond acceptors (Lipinski definition) is 8. The molecule has 0 unspecified atom stereocenters. The highest BCUT2D eigenvalue weighted by Gasteiger charge is 2.37. The fraction of sp³-hybridized carbons (Fsp3) is 0.450. The number of imide groups is 1. The zero-order valence-corrected chi connectivity index (χ0v) is 17.6. The molecule has 3 saturated heterocycles. The van der Waals surface area contributed by atoms with Crippen LogP contribution in [-0.2, 0) is 14.3 Å². The summed E-state index contributed by atoms with van der Waals surface area (Å²) in [7, 11) is 0. The van der Waals surface area contributed by atoms with E-state index < -0.39 is 16.1 Å². The van der Waals surface area contributed by atoms with Crippen LogP contribution in [0.1, 0.15) is 18.4 Å². The molecule has 0 radical (unpaired) electrons. The average Bonchev–Trinajstić information content (AvgIpc) is 3.39. The maximum Gasteiger partial charge on any atom is 0.294 e. The van der Waals surface area contributed by atoms with Gasteiger partial charge in [-0.15, -0.1) is 0 Å². The summed E-state index contributed by atoms with van der Waals surface area (Å²) >= 11 is 0.739. The van der Waals surface area contributed by atoms with Crippen LogP contribution in [0.5, 0.6) is 0 Å². The van der Waals surface area contributed by atoms with Crippen LogP contribution >= 0.6 is 11.8 Å². The largest absolute Gasteiger partial charge is 0.378 e. The van der Waals surface area contributed by atoms with Crippen molar-refractivity contribution in [3.05, 3.63) is 38.8 Å². The van der Waals surface area contributed by atoms with E-state index in [-0.39, 0.29) is 23.0 Å². The predicted octanol–water partition coefficient (Wildman–Crippen LogP) is 2.09. The topological polar surface area (TPSA) is 113 Å². The fourth-order valence-electron chi connectivity index (χ4n) is 3.84. The second-order valence-electron chi connectivity index (χ2n) is 7.46. The third-order valence-corrected chi connectivity index (χ3v) is 6.38. The Kier molecular flexibility index (Phi) is 6.23. The summed E-state index contributed by atoms with van der Waals surface area (Å²) in [6, 6.07) is 4.73. The molecule has 3 aliphatic rings. The van der Waals surface area contributed by atoms with E-state index in [2.05, 4.69) is 0 Å². The van der Waals surface area contributed by atoms with Crippen molar-refractivity contribution in [2.75, 3.05) is 50.8 Å². The number of carbonyl (C=O) groups is 3. The van der Waals surface area contributed by atoms with E-state index in [9.17, 15) is 24.5 Å². The van der Waals surface area contributed by atoms with Crippen LogP contribution in [0, 0.1) is 10.1 Å². The Morgan fingerprint density at radius 1 is 1.16 bits per heavy atom. The molecule has 0 aliphatic carbocycles. The third kappa shape index (κ3) is 4.57. The van der Waals surface area contributed by atoms with Crippen LogP contribution < -0.4 is 4.90 Å². The van der Waals surface area contributed by atoms with Gasteiger partial charge in [0.05, 0.1) is 23.0 Å². The number of hydrogen-bond donors (Lipinski definition) is 0. The molecule has 0 aromatic heterocycles. The Hall–Kier alpha value is -2.92. The maximum absolute atomic E-state index is 12.7. The van der Waals surface area contributed by atoms with Crippen LogP contribution in [0.15, 0.2) is 23.1 Å². The van der Waals surface area contributed by atoms with Crippen molar-refractivity contribution in [2.24, 2.45) is 0 Å². The number of nitrogens with zero attached hydrogens (tertiary/aromatic N) is 4. The zero-order chi connectivity index (χ0) is 22.0. The van der Waals surface area contributed by atoms with Gasteiger partial charge in [-0.05, 0) is 42.3 Å². The van der Waals surface area contributed by atoms with E-state index in [1.54, 1.807) is 17.0 Å². The van der Waals surface area contributed by atoms with Crippen LogP contribution in [0.2, 0.25) is 0 Å². The van der Waals surface area contributed by atoms with Gasteiger partial charge in [0, 0.05) is 32.2 Å². The molecule has 0 N–H and O–H groups in total. The number of benzene rings is 1. The Morgan fingerprint density at radius 2 is 1.87 bits per heavy atom. The van der Waals surface area contributed by atoms with Crippen molar-refractivity contribution >= 4 is 46.3 Å². The van der Waals surface area contributed by atoms with Crippen molar-refractivity contribution in [1.82, 2.24) is 9.80 Å². The van der Waals surface area contributed by atoms with E-state index in [0.29, 0.717) is 50.6 Å². The van der Waals surface area contributed by atoms with E-state index in [1.807, 2.05) is 4.90 Å². The highest BCUT2D eigenvalue weighted by molar-refractivity contribution is 8.18. The van der Waals surface area contributed by atoms with Gasteiger partial charge in [-0.3, -0.25) is 29.4 Å². The predicted molar refractivity (Wildman–Crippen MR) is 115 cm³/mol. The molecule has 3 heterocycles. The van der Waals surface area contributed by atoms with Crippen LogP contribution in [0.3, 0.4) is 0 Å². The van der Waals surface area contributed by atoms with Gasteiger partial charge in [0.1, 0.15) is 12.2 Å². The van der Waals surface area contributed by atoms with E-state index in [1.165, 1.54) is 12.1 Å². The standard InChI is InChI=1S/C20H22N4O6S/c25-18(22-5-1-2-6-22)13-23-19(26)17(31-20(23)27)12-14-3-4-15(16(11-14)24(28)29)21-7-9-30-10-8-21/h3-4,11-12H,1-2,5-10,13H2. The minimum atomic E-state index is -0.553. The fourth-order valence-corrected chi connectivity index (χ4v) is 4.68. The number of amides is 3. The SMILES string of the molecule is O=C(CN1C(=O)SC(=Cc2ccc(N3CCOCC3)c([N+](=O)[O-])c2)C1=O)N1CCCC1. The summed E-state index contributed by atoms with van der Waals surface area (Å²) in [5, 5.41) is 11.1. The minimum Gasteiger partial charge on any atom is -0.378 e. The van der Waals surface area contributed by atoms with Crippen LogP contribution in [0.4, 0.5) is 16.2 Å². The normalized spacial score (nSPS) is 20.8. The second-order valence-corrected chi connectivity index (χ2v) is 8.45. The Balaban J connectivity index is 1.53. The molecule has 0 spiro atoms. The van der Waals surface area contributed by atoms with Gasteiger partial charge in [0.2, 0.25) is 5.91 Å². The summed E-state index contributed by atoms with van der Waals surface area (Å²) in [4.78, 5) is 53.1. The second kappa shape index (κ2) is 9.06. The molecule has 10 nitrogen and oxygen atoms in total. The molecule has 31 heavy (non-hydrogen) atoms. The van der Waals surface area contributed by atoms with Crippen molar-refractivity contribution in [1.29, 1.82) is 0 Å². The third-order valence-electron chi connectivity index (χ3n) is 5.47. The number of nitro benzene ring substituents is 1. The summed E-state index contributed by atoms with van der Waals surface area (Å²) in [6.45, 7) is 3.13. The zero-order valence-electron chi connectivity index (χ0n) is 16.8. The Morgan fingerprint density at radius 3 is 2.55 bits per heavy atom. The van der Waals surface area contributed by atoms with Crippen molar-refractivity contribution < 1.29 is 24.0 Å². The first-order chi connectivity index (χ1) is 14.9. The molecule has 1 aromatic rings. The van der Waals surface area contributed by atoms with Crippen molar-refractivity contribution in [3.8, 4) is 0 Å². The summed E-state index contributed by atoms with van der Waals surface area (Å²) in [5.74, 6) is -0.797. The number of nitro groups is 1. The van der Waals surface area contributed by atoms with Gasteiger partial charge < -0.3 is 14.5 Å². The lowest BCUT2D eigenvalue weighted by atomic mass is 10.1. The van der Waals surface area contributed by atoms with Gasteiger partial charge >= 0.3 is 0 Å². The lowest BCUT2D eigenvalue weighted by Crippen LogP contribution is -2.40. The lowest BCUT2D eigenvalue weighted by Gasteiger charge is -2.28. The van der Waals surface area contributed by atoms with Gasteiger partial charge in [-0.1, -0.05) is 6.07 Å². The molecule has 164 valence electrons. The first-order valence-corrected chi connectivity index (χ1v) is 10.9. The molecule has 3 aliphatic heterocycles. The molecule has 0 atom stereocenters. The first-order valence-electron chi connectivity index (χ1n) is 10.1. The quantitative estimate of drug-likeness (QED) is 0.384. The number of thioether (sulfide) groups is 1. The molecule has 0 saturated carbocycles. The van der Waals surface area contributed by atoms with Gasteiger partial charge in [0.25, 0.3) is 16.8 Å². The van der Waals surface area contributed by atoms with Crippen molar-refractivity contribution in [3.63, 3.8) is 0 Å². The van der Waals surface area contributed by atoms with Gasteiger partial charge in [-0.2, -0.15) is 0 Å². The molecule has 3 fully saturated rings. The molecular weight excluding hydrogens is 424 g/mol. The van der Waals surface area contributed by atoms with E-state index >= 15 is 0 Å². The average molecular weight is 446 g/mol. The van der Waals surface area contributed by atoms with E-state index in [4.69, 9.17) is 4.74 Å². The van der Waals surface area contributed by atoms with Crippen LogP contribution in [0.25, 0.3) is 6.08 Å². The van der Waals surface area contributed by atoms with Crippen molar-refractivity contribution in [2.45, 2.75) is 12.8 Å². The molecule has 11 heteroatoms. The summed E-state index contributed by atoms with van der Waals surface area (Å²) < 4.78 is 5.30.